The van der Waals surface area contributed by atoms with Crippen molar-refractivity contribution in [2.45, 2.75) is 6.92 Å². The zero-order valence-corrected chi connectivity index (χ0v) is 11.3. The number of rotatable bonds is 3. The molecule has 4 N–H and O–H groups in total. The third-order valence-corrected chi connectivity index (χ3v) is 2.91. The second kappa shape index (κ2) is 5.52. The summed E-state index contributed by atoms with van der Waals surface area (Å²) in [5.41, 5.74) is 7.82. The molecule has 2 aromatic rings. The van der Waals surface area contributed by atoms with E-state index in [9.17, 15) is 9.90 Å². The number of ether oxygens (including phenoxy) is 1. The molecule has 0 unspecified atom stereocenters. The number of methoxy groups -OCH3 is 1. The molecule has 0 aliphatic rings. The molecule has 0 fully saturated rings. The van der Waals surface area contributed by atoms with Crippen molar-refractivity contribution in [2.75, 3.05) is 18.2 Å². The van der Waals surface area contributed by atoms with Crippen molar-refractivity contribution in [1.82, 2.24) is 0 Å². The van der Waals surface area contributed by atoms with Gasteiger partial charge < -0.3 is 20.9 Å². The average molecular weight is 272 g/mol. The number of hydrogen-bond acceptors (Lipinski definition) is 4. The minimum absolute atomic E-state index is 0.0795. The van der Waals surface area contributed by atoms with E-state index in [-0.39, 0.29) is 11.3 Å². The lowest BCUT2D eigenvalue weighted by molar-refractivity contribution is 0.102. The quantitative estimate of drug-likeness (QED) is 0.750. The first-order valence-electron chi connectivity index (χ1n) is 6.06. The highest BCUT2D eigenvalue weighted by molar-refractivity contribution is 6.09. The largest absolute Gasteiger partial charge is 0.507 e. The second-order valence-electron chi connectivity index (χ2n) is 4.40. The maximum atomic E-state index is 12.3. The summed E-state index contributed by atoms with van der Waals surface area (Å²) < 4.78 is 5.09. The highest BCUT2D eigenvalue weighted by Crippen LogP contribution is 2.29. The van der Waals surface area contributed by atoms with Crippen molar-refractivity contribution >= 4 is 17.3 Å². The molecule has 0 radical (unpaired) electrons. The standard InChI is InChI=1S/C15H16N2O3/c1-9-6-7-10(16)11(8-9)17-15(19)14-12(18)4-3-5-13(14)20-2/h3-8,18H,16H2,1-2H3,(H,17,19). The molecule has 0 aromatic heterocycles. The minimum atomic E-state index is -0.475. The summed E-state index contributed by atoms with van der Waals surface area (Å²) in [6.07, 6.45) is 0. The van der Waals surface area contributed by atoms with Crippen LogP contribution in [0.4, 0.5) is 11.4 Å². The van der Waals surface area contributed by atoms with Crippen LogP contribution in [0.5, 0.6) is 11.5 Å². The molecule has 2 rings (SSSR count). The van der Waals surface area contributed by atoms with Gasteiger partial charge in [0, 0.05) is 0 Å². The molecule has 0 spiro atoms. The molecule has 0 heterocycles. The molecule has 0 atom stereocenters. The van der Waals surface area contributed by atoms with Gasteiger partial charge in [0.25, 0.3) is 5.91 Å². The van der Waals surface area contributed by atoms with Crippen LogP contribution in [0.3, 0.4) is 0 Å². The van der Waals surface area contributed by atoms with E-state index in [1.807, 2.05) is 13.0 Å². The van der Waals surface area contributed by atoms with Crippen LogP contribution in [0, 0.1) is 6.92 Å². The van der Waals surface area contributed by atoms with Crippen molar-refractivity contribution in [3.63, 3.8) is 0 Å². The molecule has 0 saturated carbocycles. The summed E-state index contributed by atoms with van der Waals surface area (Å²) in [5.74, 6) is -0.320. The molecular formula is C15H16N2O3. The summed E-state index contributed by atoms with van der Waals surface area (Å²) >= 11 is 0. The Labute approximate surface area is 117 Å². The lowest BCUT2D eigenvalue weighted by atomic mass is 10.1. The maximum Gasteiger partial charge on any atom is 0.263 e. The number of phenols is 1. The number of aromatic hydroxyl groups is 1. The van der Waals surface area contributed by atoms with Crippen LogP contribution < -0.4 is 15.8 Å². The van der Waals surface area contributed by atoms with Crippen LogP contribution in [0.2, 0.25) is 0 Å². The number of nitrogens with two attached hydrogens (primary N) is 1. The number of amides is 1. The van der Waals surface area contributed by atoms with Crippen molar-refractivity contribution in [3.05, 3.63) is 47.5 Å². The fraction of sp³-hybridized carbons (Fsp3) is 0.133. The molecule has 0 aliphatic carbocycles. The topological polar surface area (TPSA) is 84.6 Å². The first-order chi connectivity index (χ1) is 9.52. The van der Waals surface area contributed by atoms with Crippen molar-refractivity contribution in [2.24, 2.45) is 0 Å². The van der Waals surface area contributed by atoms with Crippen LogP contribution in [0.15, 0.2) is 36.4 Å². The molecule has 5 nitrogen and oxygen atoms in total. The summed E-state index contributed by atoms with van der Waals surface area (Å²) in [6.45, 7) is 1.90. The lowest BCUT2D eigenvalue weighted by Gasteiger charge is -2.12. The number of nitrogens with one attached hydrogen (secondary N) is 1. The summed E-state index contributed by atoms with van der Waals surface area (Å²) in [5, 5.41) is 12.5. The number of hydrogen-bond donors (Lipinski definition) is 3. The number of carbonyl (C=O) groups excluding carboxylic acids is 1. The van der Waals surface area contributed by atoms with E-state index in [0.29, 0.717) is 17.1 Å². The van der Waals surface area contributed by atoms with Gasteiger partial charge >= 0.3 is 0 Å². The molecule has 20 heavy (non-hydrogen) atoms. The zero-order chi connectivity index (χ0) is 14.7. The predicted molar refractivity (Wildman–Crippen MR) is 78.2 cm³/mol. The Kier molecular flexibility index (Phi) is 3.79. The molecule has 5 heteroatoms. The normalized spacial score (nSPS) is 10.1. The SMILES string of the molecule is COc1cccc(O)c1C(=O)Nc1cc(C)ccc1N. The minimum Gasteiger partial charge on any atom is -0.507 e. The monoisotopic (exact) mass is 272 g/mol. The van der Waals surface area contributed by atoms with E-state index < -0.39 is 5.91 Å². The fourth-order valence-corrected chi connectivity index (χ4v) is 1.88. The Morgan fingerprint density at radius 1 is 1.30 bits per heavy atom. The van der Waals surface area contributed by atoms with Crippen LogP contribution in [-0.4, -0.2) is 18.1 Å². The fourth-order valence-electron chi connectivity index (χ4n) is 1.88. The number of anilines is 2. The van der Waals surface area contributed by atoms with E-state index in [0.717, 1.165) is 5.56 Å². The number of aryl methyl sites for hydroxylation is 1. The van der Waals surface area contributed by atoms with E-state index in [1.165, 1.54) is 13.2 Å². The maximum absolute atomic E-state index is 12.3. The molecular weight excluding hydrogens is 256 g/mol. The van der Waals surface area contributed by atoms with E-state index in [1.54, 1.807) is 24.3 Å². The van der Waals surface area contributed by atoms with Crippen molar-refractivity contribution in [3.8, 4) is 11.5 Å². The smallest absolute Gasteiger partial charge is 0.263 e. The van der Waals surface area contributed by atoms with Crippen LogP contribution >= 0.6 is 0 Å². The predicted octanol–water partition coefficient (Wildman–Crippen LogP) is 2.54. The van der Waals surface area contributed by atoms with Gasteiger partial charge in [0.2, 0.25) is 0 Å². The highest BCUT2D eigenvalue weighted by Gasteiger charge is 2.17. The van der Waals surface area contributed by atoms with E-state index in [4.69, 9.17) is 10.5 Å². The van der Waals surface area contributed by atoms with Gasteiger partial charge in [-0.25, -0.2) is 0 Å². The third-order valence-electron chi connectivity index (χ3n) is 2.91. The Hall–Kier alpha value is -2.69. The van der Waals surface area contributed by atoms with Crippen molar-refractivity contribution < 1.29 is 14.6 Å². The number of phenolic OH excluding ortho intramolecular Hbond substituents is 1. The van der Waals surface area contributed by atoms with Gasteiger partial charge in [0.15, 0.2) is 0 Å². The Morgan fingerprint density at radius 2 is 2.05 bits per heavy atom. The summed E-state index contributed by atoms with van der Waals surface area (Å²) in [6, 6.07) is 9.97. The first kappa shape index (κ1) is 13.7. The molecule has 0 saturated heterocycles. The summed E-state index contributed by atoms with van der Waals surface area (Å²) in [7, 11) is 1.44. The Morgan fingerprint density at radius 3 is 2.75 bits per heavy atom. The van der Waals surface area contributed by atoms with Crippen LogP contribution in [-0.2, 0) is 0 Å². The van der Waals surface area contributed by atoms with Crippen LogP contribution in [0.25, 0.3) is 0 Å². The van der Waals surface area contributed by atoms with Crippen LogP contribution in [0.1, 0.15) is 15.9 Å². The van der Waals surface area contributed by atoms with E-state index >= 15 is 0 Å². The van der Waals surface area contributed by atoms with Gasteiger partial charge in [-0.05, 0) is 36.8 Å². The van der Waals surface area contributed by atoms with Gasteiger partial charge in [-0.2, -0.15) is 0 Å². The van der Waals surface area contributed by atoms with E-state index in [2.05, 4.69) is 5.32 Å². The molecule has 0 bridgehead atoms. The molecule has 1 amide bonds. The number of benzene rings is 2. The average Bonchev–Trinajstić information content (AvgIpc) is 2.42. The summed E-state index contributed by atoms with van der Waals surface area (Å²) in [4.78, 5) is 12.3. The lowest BCUT2D eigenvalue weighted by Crippen LogP contribution is -2.14. The molecule has 104 valence electrons. The van der Waals surface area contributed by atoms with Gasteiger partial charge in [0.1, 0.15) is 17.1 Å². The van der Waals surface area contributed by atoms with Crippen molar-refractivity contribution in [1.29, 1.82) is 0 Å². The first-order valence-corrected chi connectivity index (χ1v) is 6.06. The molecule has 2 aromatic carbocycles. The highest BCUT2D eigenvalue weighted by atomic mass is 16.5. The molecule has 0 aliphatic heterocycles. The van der Waals surface area contributed by atoms with Gasteiger partial charge in [-0.1, -0.05) is 12.1 Å². The number of carbonyl (C=O) groups is 1. The second-order valence-corrected chi connectivity index (χ2v) is 4.40. The number of nitrogen functional groups attached to an aromatic ring is 1. The zero-order valence-electron chi connectivity index (χ0n) is 11.3. The Balaban J connectivity index is 2.36. The van der Waals surface area contributed by atoms with Gasteiger partial charge in [-0.3, -0.25) is 4.79 Å². The van der Waals surface area contributed by atoms with Gasteiger partial charge in [0.05, 0.1) is 18.5 Å². The Bertz CT molecular complexity index is 654. The van der Waals surface area contributed by atoms with Gasteiger partial charge in [-0.15, -0.1) is 0 Å². The third kappa shape index (κ3) is 2.66.